The number of ether oxygens (including phenoxy) is 1. The van der Waals surface area contributed by atoms with E-state index in [9.17, 15) is 9.59 Å². The summed E-state index contributed by atoms with van der Waals surface area (Å²) in [4.78, 5) is 27.1. The Morgan fingerprint density at radius 2 is 1.85 bits per heavy atom. The number of rotatable bonds is 6. The van der Waals surface area contributed by atoms with E-state index in [1.807, 2.05) is 61.9 Å². The number of carbonyl (C=O) groups is 2. The average molecular weight is 464 g/mol. The predicted octanol–water partition coefficient (Wildman–Crippen LogP) is 5.07. The van der Waals surface area contributed by atoms with Gasteiger partial charge < -0.3 is 9.64 Å². The van der Waals surface area contributed by atoms with E-state index in [1.165, 1.54) is 0 Å². The molecule has 0 unspecified atom stereocenters. The van der Waals surface area contributed by atoms with Crippen LogP contribution in [0.15, 0.2) is 65.4 Å². The summed E-state index contributed by atoms with van der Waals surface area (Å²) in [6, 6.07) is 16.6. The lowest BCUT2D eigenvalue weighted by Crippen LogP contribution is -2.33. The van der Waals surface area contributed by atoms with Crippen molar-refractivity contribution in [1.29, 1.82) is 0 Å². The van der Waals surface area contributed by atoms with Crippen molar-refractivity contribution in [2.45, 2.75) is 39.5 Å². The van der Waals surface area contributed by atoms with Gasteiger partial charge in [-0.2, -0.15) is 11.3 Å². The molecule has 9 heteroatoms. The smallest absolute Gasteiger partial charge is 0.412 e. The van der Waals surface area contributed by atoms with Gasteiger partial charge in [-0.1, -0.05) is 17.3 Å². The highest BCUT2D eigenvalue weighted by atomic mass is 32.1. The highest BCUT2D eigenvalue weighted by molar-refractivity contribution is 7.07. The van der Waals surface area contributed by atoms with Gasteiger partial charge in [-0.05, 0) is 79.6 Å². The number of benzene rings is 2. The van der Waals surface area contributed by atoms with E-state index in [0.29, 0.717) is 17.9 Å². The maximum atomic E-state index is 13.4. The van der Waals surface area contributed by atoms with E-state index in [4.69, 9.17) is 4.74 Å². The zero-order chi connectivity index (χ0) is 23.4. The molecule has 33 heavy (non-hydrogen) atoms. The Bertz CT molecular complexity index is 1240. The number of para-hydroxylation sites is 1. The Hall–Kier alpha value is -3.72. The lowest BCUT2D eigenvalue weighted by molar-refractivity contribution is -0.119. The SMILES string of the molecule is CC(C)(C)OC(=O)Nc1ccc(N(Cc2ccsc2)C(=O)Cn2nnc3ccccc32)cc1. The van der Waals surface area contributed by atoms with Crippen LogP contribution in [0.5, 0.6) is 0 Å². The van der Waals surface area contributed by atoms with Gasteiger partial charge in [0.2, 0.25) is 5.91 Å². The molecule has 0 saturated heterocycles. The Balaban J connectivity index is 1.54. The van der Waals surface area contributed by atoms with Crippen LogP contribution in [0.2, 0.25) is 0 Å². The molecule has 0 aliphatic heterocycles. The molecule has 0 aliphatic rings. The summed E-state index contributed by atoms with van der Waals surface area (Å²) in [6.07, 6.45) is -0.528. The van der Waals surface area contributed by atoms with E-state index >= 15 is 0 Å². The monoisotopic (exact) mass is 463 g/mol. The van der Waals surface area contributed by atoms with Crippen LogP contribution in [0.25, 0.3) is 11.0 Å². The fourth-order valence-electron chi connectivity index (χ4n) is 3.28. The number of anilines is 2. The number of amides is 2. The van der Waals surface area contributed by atoms with Crippen LogP contribution in [0.3, 0.4) is 0 Å². The quantitative estimate of drug-likeness (QED) is 0.431. The number of fused-ring (bicyclic) bond motifs is 1. The second-order valence-electron chi connectivity index (χ2n) is 8.52. The Labute approximate surface area is 195 Å². The van der Waals surface area contributed by atoms with Crippen molar-refractivity contribution in [3.05, 3.63) is 70.9 Å². The standard InChI is InChI=1S/C24H25N5O3S/c1-24(2,3)32-23(31)25-18-8-10-19(11-9-18)28(14-17-12-13-33-16-17)22(30)15-29-21-7-5-4-6-20(21)26-27-29/h4-13,16H,14-15H2,1-3H3,(H,25,31). The zero-order valence-electron chi connectivity index (χ0n) is 18.7. The third-order valence-electron chi connectivity index (χ3n) is 4.75. The molecule has 2 aromatic heterocycles. The Kier molecular flexibility index (Phi) is 6.41. The molecule has 0 aliphatic carbocycles. The molecule has 0 spiro atoms. The van der Waals surface area contributed by atoms with Gasteiger partial charge in [-0.15, -0.1) is 5.10 Å². The second kappa shape index (κ2) is 9.41. The van der Waals surface area contributed by atoms with Crippen LogP contribution in [-0.4, -0.2) is 32.6 Å². The number of nitrogens with zero attached hydrogens (tertiary/aromatic N) is 4. The number of nitrogens with one attached hydrogen (secondary N) is 1. The predicted molar refractivity (Wildman–Crippen MR) is 129 cm³/mol. The minimum Gasteiger partial charge on any atom is -0.444 e. The molecular weight excluding hydrogens is 438 g/mol. The summed E-state index contributed by atoms with van der Waals surface area (Å²) in [6.45, 7) is 5.90. The van der Waals surface area contributed by atoms with Crippen LogP contribution in [0, 0.1) is 0 Å². The molecule has 0 saturated carbocycles. The topological polar surface area (TPSA) is 89.4 Å². The molecule has 2 amide bonds. The van der Waals surface area contributed by atoms with Crippen molar-refractivity contribution >= 4 is 45.7 Å². The summed E-state index contributed by atoms with van der Waals surface area (Å²) in [7, 11) is 0. The fourth-order valence-corrected chi connectivity index (χ4v) is 3.94. The van der Waals surface area contributed by atoms with E-state index in [0.717, 1.165) is 16.6 Å². The van der Waals surface area contributed by atoms with Crippen LogP contribution < -0.4 is 10.2 Å². The molecule has 0 radical (unpaired) electrons. The maximum Gasteiger partial charge on any atom is 0.412 e. The first-order chi connectivity index (χ1) is 15.8. The minimum absolute atomic E-state index is 0.0581. The first kappa shape index (κ1) is 22.5. The Morgan fingerprint density at radius 3 is 2.55 bits per heavy atom. The van der Waals surface area contributed by atoms with Crippen LogP contribution in [-0.2, 0) is 22.6 Å². The van der Waals surface area contributed by atoms with Gasteiger partial charge in [-0.3, -0.25) is 10.1 Å². The molecule has 0 bridgehead atoms. The van der Waals surface area contributed by atoms with Crippen molar-refractivity contribution in [3.63, 3.8) is 0 Å². The van der Waals surface area contributed by atoms with Crippen LogP contribution >= 0.6 is 11.3 Å². The van der Waals surface area contributed by atoms with E-state index in [1.54, 1.807) is 45.2 Å². The highest BCUT2D eigenvalue weighted by Gasteiger charge is 2.20. The normalized spacial score (nSPS) is 11.4. The first-order valence-corrected chi connectivity index (χ1v) is 11.4. The summed E-state index contributed by atoms with van der Waals surface area (Å²) < 4.78 is 6.90. The van der Waals surface area contributed by atoms with Gasteiger partial charge in [0.05, 0.1) is 12.1 Å². The number of thiophene rings is 1. The average Bonchev–Trinajstić information content (AvgIpc) is 3.41. The lowest BCUT2D eigenvalue weighted by Gasteiger charge is -2.23. The Morgan fingerprint density at radius 1 is 1.09 bits per heavy atom. The maximum absolute atomic E-state index is 13.4. The van der Waals surface area contributed by atoms with Crippen molar-refractivity contribution in [2.24, 2.45) is 0 Å². The zero-order valence-corrected chi connectivity index (χ0v) is 19.5. The third kappa shape index (κ3) is 5.75. The minimum atomic E-state index is -0.584. The van der Waals surface area contributed by atoms with Gasteiger partial charge >= 0.3 is 6.09 Å². The summed E-state index contributed by atoms with van der Waals surface area (Å²) in [5.41, 5.74) is 3.29. The number of hydrogen-bond donors (Lipinski definition) is 1. The van der Waals surface area contributed by atoms with Crippen molar-refractivity contribution in [2.75, 3.05) is 10.2 Å². The second-order valence-corrected chi connectivity index (χ2v) is 9.30. The third-order valence-corrected chi connectivity index (χ3v) is 5.48. The lowest BCUT2D eigenvalue weighted by atomic mass is 10.2. The van der Waals surface area contributed by atoms with Gasteiger partial charge in [0.15, 0.2) is 0 Å². The first-order valence-electron chi connectivity index (χ1n) is 10.5. The molecule has 0 atom stereocenters. The molecule has 170 valence electrons. The van der Waals surface area contributed by atoms with Gasteiger partial charge in [-0.25, -0.2) is 9.48 Å². The molecule has 4 rings (SSSR count). The molecule has 8 nitrogen and oxygen atoms in total. The van der Waals surface area contributed by atoms with Gasteiger partial charge in [0, 0.05) is 11.4 Å². The van der Waals surface area contributed by atoms with E-state index in [-0.39, 0.29) is 12.5 Å². The largest absolute Gasteiger partial charge is 0.444 e. The molecule has 4 aromatic rings. The van der Waals surface area contributed by atoms with Gasteiger partial charge in [0.1, 0.15) is 17.7 Å². The molecular formula is C24H25N5O3S. The molecule has 0 fully saturated rings. The van der Waals surface area contributed by atoms with Crippen molar-refractivity contribution < 1.29 is 14.3 Å². The highest BCUT2D eigenvalue weighted by Crippen LogP contribution is 2.23. The van der Waals surface area contributed by atoms with E-state index in [2.05, 4.69) is 15.6 Å². The van der Waals surface area contributed by atoms with Crippen molar-refractivity contribution in [1.82, 2.24) is 15.0 Å². The van der Waals surface area contributed by atoms with Crippen LogP contribution in [0.1, 0.15) is 26.3 Å². The fraction of sp³-hybridized carbons (Fsp3) is 0.250. The van der Waals surface area contributed by atoms with E-state index < -0.39 is 11.7 Å². The summed E-state index contributed by atoms with van der Waals surface area (Å²) in [5.74, 6) is -0.121. The molecule has 2 heterocycles. The number of aromatic nitrogens is 3. The van der Waals surface area contributed by atoms with Gasteiger partial charge in [0.25, 0.3) is 0 Å². The molecule has 2 aromatic carbocycles. The summed E-state index contributed by atoms with van der Waals surface area (Å²) in [5, 5.41) is 15.0. The number of hydrogen-bond acceptors (Lipinski definition) is 6. The van der Waals surface area contributed by atoms with Crippen LogP contribution in [0.4, 0.5) is 16.2 Å². The summed E-state index contributed by atoms with van der Waals surface area (Å²) >= 11 is 1.58. The van der Waals surface area contributed by atoms with Crippen molar-refractivity contribution in [3.8, 4) is 0 Å². The molecule has 1 N–H and O–H groups in total. The number of carbonyl (C=O) groups excluding carboxylic acids is 2.